The zero-order valence-electron chi connectivity index (χ0n) is 14.2. The van der Waals surface area contributed by atoms with Gasteiger partial charge < -0.3 is 18.9 Å². The zero-order chi connectivity index (χ0) is 17.0. The highest BCUT2D eigenvalue weighted by Crippen LogP contribution is 2.12. The lowest BCUT2D eigenvalue weighted by Gasteiger charge is -2.04. The molecular weight excluding hydrogens is 304 g/mol. The first-order valence-electron chi connectivity index (χ1n) is 7.88. The van der Waals surface area contributed by atoms with E-state index in [4.69, 9.17) is 18.9 Å². The Hall–Kier alpha value is -2.30. The highest BCUT2D eigenvalue weighted by atomic mass is 16.5. The van der Waals surface area contributed by atoms with Crippen LogP contribution in [0.5, 0.6) is 11.5 Å². The molecule has 4 nitrogen and oxygen atoms in total. The van der Waals surface area contributed by atoms with Crippen LogP contribution in [0.25, 0.3) is 0 Å². The molecule has 0 atom stereocenters. The quantitative estimate of drug-likeness (QED) is 0.488. The van der Waals surface area contributed by atoms with Gasteiger partial charge in [-0.1, -0.05) is 36.4 Å². The van der Waals surface area contributed by atoms with E-state index in [0.717, 1.165) is 22.6 Å². The molecule has 0 bridgehead atoms. The van der Waals surface area contributed by atoms with Gasteiger partial charge in [-0.3, -0.25) is 0 Å². The Morgan fingerprint density at radius 3 is 1.33 bits per heavy atom. The number of methoxy groups -OCH3 is 2. The molecule has 0 aromatic heterocycles. The molecule has 2 aromatic carbocycles. The van der Waals surface area contributed by atoms with E-state index in [0.29, 0.717) is 26.4 Å². The molecule has 4 heteroatoms. The van der Waals surface area contributed by atoms with Crippen LogP contribution in [-0.2, 0) is 22.7 Å². The van der Waals surface area contributed by atoms with Crippen molar-refractivity contribution in [3.63, 3.8) is 0 Å². The topological polar surface area (TPSA) is 36.9 Å². The minimum absolute atomic E-state index is 0.567. The van der Waals surface area contributed by atoms with E-state index < -0.39 is 0 Å². The fraction of sp³-hybridized carbons (Fsp3) is 0.300. The largest absolute Gasteiger partial charge is 0.497 e. The molecule has 2 aromatic rings. The molecular formula is C20H24O4. The molecule has 0 aliphatic rings. The van der Waals surface area contributed by atoms with Crippen LogP contribution in [0.1, 0.15) is 11.1 Å². The summed E-state index contributed by atoms with van der Waals surface area (Å²) in [4.78, 5) is 0. The Morgan fingerprint density at radius 2 is 1.00 bits per heavy atom. The maximum atomic E-state index is 5.59. The minimum Gasteiger partial charge on any atom is -0.497 e. The van der Waals surface area contributed by atoms with E-state index in [2.05, 4.69) is 0 Å². The van der Waals surface area contributed by atoms with Crippen LogP contribution >= 0.6 is 0 Å². The van der Waals surface area contributed by atoms with Gasteiger partial charge in [0.25, 0.3) is 0 Å². The standard InChI is InChI=1S/C20H24O4/c1-21-19-9-5-17(6-10-19)15-23-13-3-4-14-24-16-18-7-11-20(22-2)12-8-18/h3-12H,13-16H2,1-2H3. The highest BCUT2D eigenvalue weighted by molar-refractivity contribution is 5.27. The monoisotopic (exact) mass is 328 g/mol. The van der Waals surface area contributed by atoms with Crippen LogP contribution in [0.3, 0.4) is 0 Å². The van der Waals surface area contributed by atoms with E-state index in [9.17, 15) is 0 Å². The fourth-order valence-electron chi connectivity index (χ4n) is 2.07. The third-order valence-electron chi connectivity index (χ3n) is 3.45. The summed E-state index contributed by atoms with van der Waals surface area (Å²) in [5, 5.41) is 0. The minimum atomic E-state index is 0.567. The molecule has 0 saturated carbocycles. The first-order valence-corrected chi connectivity index (χ1v) is 7.88. The second kappa shape index (κ2) is 10.5. The molecule has 24 heavy (non-hydrogen) atoms. The van der Waals surface area contributed by atoms with Crippen molar-refractivity contribution in [1.82, 2.24) is 0 Å². The highest BCUT2D eigenvalue weighted by Gasteiger charge is 1.95. The predicted octanol–water partition coefficient (Wildman–Crippen LogP) is 3.99. The van der Waals surface area contributed by atoms with Crippen molar-refractivity contribution in [3.05, 3.63) is 71.8 Å². The average Bonchev–Trinajstić information content (AvgIpc) is 2.65. The van der Waals surface area contributed by atoms with Gasteiger partial charge in [0.05, 0.1) is 40.6 Å². The van der Waals surface area contributed by atoms with Gasteiger partial charge in [-0.2, -0.15) is 0 Å². The summed E-state index contributed by atoms with van der Waals surface area (Å²) in [6, 6.07) is 15.7. The van der Waals surface area contributed by atoms with Gasteiger partial charge in [0.15, 0.2) is 0 Å². The molecule has 0 unspecified atom stereocenters. The van der Waals surface area contributed by atoms with Crippen LogP contribution in [0, 0.1) is 0 Å². The number of hydrogen-bond donors (Lipinski definition) is 0. The van der Waals surface area contributed by atoms with Crippen LogP contribution < -0.4 is 9.47 Å². The fourth-order valence-corrected chi connectivity index (χ4v) is 2.07. The molecule has 0 amide bonds. The van der Waals surface area contributed by atoms with E-state index in [1.54, 1.807) is 14.2 Å². The van der Waals surface area contributed by atoms with Gasteiger partial charge in [0.2, 0.25) is 0 Å². The zero-order valence-corrected chi connectivity index (χ0v) is 14.2. The number of rotatable bonds is 10. The van der Waals surface area contributed by atoms with E-state index in [1.165, 1.54) is 0 Å². The van der Waals surface area contributed by atoms with Crippen molar-refractivity contribution < 1.29 is 18.9 Å². The maximum absolute atomic E-state index is 5.59. The van der Waals surface area contributed by atoms with Crippen molar-refractivity contribution in [2.24, 2.45) is 0 Å². The first kappa shape index (κ1) is 18.0. The van der Waals surface area contributed by atoms with Gasteiger partial charge in [0, 0.05) is 0 Å². The summed E-state index contributed by atoms with van der Waals surface area (Å²) in [7, 11) is 3.32. The SMILES string of the molecule is COc1ccc(COCC=CCOCc2ccc(OC)cc2)cc1. The second-order valence-electron chi connectivity index (χ2n) is 5.20. The lowest BCUT2D eigenvalue weighted by Crippen LogP contribution is -1.95. The molecule has 0 aliphatic carbocycles. The molecule has 0 N–H and O–H groups in total. The smallest absolute Gasteiger partial charge is 0.118 e. The Kier molecular flexibility index (Phi) is 7.87. The molecule has 0 saturated heterocycles. The van der Waals surface area contributed by atoms with Crippen molar-refractivity contribution in [1.29, 1.82) is 0 Å². The first-order chi connectivity index (χ1) is 11.8. The van der Waals surface area contributed by atoms with E-state index >= 15 is 0 Å². The van der Waals surface area contributed by atoms with Gasteiger partial charge in [-0.15, -0.1) is 0 Å². The van der Waals surface area contributed by atoms with Gasteiger partial charge in [0.1, 0.15) is 11.5 Å². The number of hydrogen-bond acceptors (Lipinski definition) is 4. The Balaban J connectivity index is 1.55. The third kappa shape index (κ3) is 6.44. The maximum Gasteiger partial charge on any atom is 0.118 e. The molecule has 0 spiro atoms. The summed E-state index contributed by atoms with van der Waals surface area (Å²) >= 11 is 0. The Bertz CT molecular complexity index is 547. The normalized spacial score (nSPS) is 10.9. The van der Waals surface area contributed by atoms with E-state index in [1.807, 2.05) is 60.7 Å². The molecule has 0 fully saturated rings. The lowest BCUT2D eigenvalue weighted by molar-refractivity contribution is 0.140. The summed E-state index contributed by atoms with van der Waals surface area (Å²) in [6.45, 7) is 2.30. The molecule has 2 rings (SSSR count). The van der Waals surface area contributed by atoms with Crippen LogP contribution in [0.15, 0.2) is 60.7 Å². The summed E-state index contributed by atoms with van der Waals surface area (Å²) in [5.74, 6) is 1.71. The molecule has 0 aliphatic heterocycles. The number of ether oxygens (including phenoxy) is 4. The third-order valence-corrected chi connectivity index (χ3v) is 3.45. The van der Waals surface area contributed by atoms with Crippen molar-refractivity contribution in [3.8, 4) is 11.5 Å². The second-order valence-corrected chi connectivity index (χ2v) is 5.20. The van der Waals surface area contributed by atoms with Crippen LogP contribution in [0.2, 0.25) is 0 Å². The van der Waals surface area contributed by atoms with Gasteiger partial charge >= 0.3 is 0 Å². The number of benzene rings is 2. The van der Waals surface area contributed by atoms with Crippen molar-refractivity contribution >= 4 is 0 Å². The van der Waals surface area contributed by atoms with Crippen molar-refractivity contribution in [2.75, 3.05) is 27.4 Å². The Labute approximate surface area is 143 Å². The van der Waals surface area contributed by atoms with Crippen LogP contribution in [-0.4, -0.2) is 27.4 Å². The summed E-state index contributed by atoms with van der Waals surface area (Å²) in [6.07, 6.45) is 3.94. The lowest BCUT2D eigenvalue weighted by atomic mass is 10.2. The summed E-state index contributed by atoms with van der Waals surface area (Å²) < 4.78 is 21.4. The molecule has 0 radical (unpaired) electrons. The summed E-state index contributed by atoms with van der Waals surface area (Å²) in [5.41, 5.74) is 2.25. The van der Waals surface area contributed by atoms with Crippen LogP contribution in [0.4, 0.5) is 0 Å². The van der Waals surface area contributed by atoms with Gasteiger partial charge in [-0.05, 0) is 35.4 Å². The molecule has 0 heterocycles. The van der Waals surface area contributed by atoms with Crippen molar-refractivity contribution in [2.45, 2.75) is 13.2 Å². The van der Waals surface area contributed by atoms with Gasteiger partial charge in [-0.25, -0.2) is 0 Å². The van der Waals surface area contributed by atoms with E-state index in [-0.39, 0.29) is 0 Å². The average molecular weight is 328 g/mol. The molecule has 128 valence electrons. The Morgan fingerprint density at radius 1 is 0.625 bits per heavy atom. The predicted molar refractivity (Wildman–Crippen MR) is 94.4 cm³/mol.